The lowest BCUT2D eigenvalue weighted by molar-refractivity contribution is -0.198. The van der Waals surface area contributed by atoms with Crippen LogP contribution in [0.2, 0.25) is 5.02 Å². The third kappa shape index (κ3) is 6.34. The van der Waals surface area contributed by atoms with E-state index in [4.69, 9.17) is 22.1 Å². The Balaban J connectivity index is 1.42. The molecule has 2 aliphatic heterocycles. The zero-order chi connectivity index (χ0) is 29.4. The van der Waals surface area contributed by atoms with Crippen molar-refractivity contribution in [2.75, 3.05) is 30.3 Å². The number of alkyl halides is 3. The number of nitrogens with zero attached hydrogens (tertiary/aromatic N) is 3. The Morgan fingerprint density at radius 3 is 2.61 bits per heavy atom. The van der Waals surface area contributed by atoms with Gasteiger partial charge in [0, 0.05) is 36.3 Å². The van der Waals surface area contributed by atoms with Crippen LogP contribution in [-0.4, -0.2) is 58.0 Å². The summed E-state index contributed by atoms with van der Waals surface area (Å²) in [6.45, 7) is 1.36. The number of rotatable bonds is 7. The second kappa shape index (κ2) is 11.3. The number of aliphatic hydroxyl groups excluding tert-OH is 1. The molecule has 0 aliphatic carbocycles. The predicted molar refractivity (Wildman–Crippen MR) is 147 cm³/mol. The number of carbonyl (C=O) groups is 1. The SMILES string of the molecule is Nc1nc(OC(c2ccc(Cl)cc2-c2cccc(CO)c2)C(F)(F)F)cc(N2CCC3(CC2)CNC(C(=O)O)C3)n1. The molecule has 5 rings (SSSR count). The molecule has 3 heterocycles. The molecular formula is C28H29ClF3N5O4. The average Bonchev–Trinajstić information content (AvgIpc) is 3.35. The van der Waals surface area contributed by atoms with Crippen LogP contribution in [0.25, 0.3) is 11.1 Å². The number of carboxylic acids is 1. The molecule has 2 unspecified atom stereocenters. The summed E-state index contributed by atoms with van der Waals surface area (Å²) in [5.74, 6) is -1.12. The molecule has 13 heteroatoms. The number of nitrogens with two attached hydrogens (primary N) is 1. The predicted octanol–water partition coefficient (Wildman–Crippen LogP) is 4.59. The van der Waals surface area contributed by atoms with Crippen molar-refractivity contribution >= 4 is 29.3 Å². The molecule has 0 bridgehead atoms. The summed E-state index contributed by atoms with van der Waals surface area (Å²) in [5, 5.41) is 22.2. The molecule has 1 spiro atoms. The molecule has 0 saturated carbocycles. The fourth-order valence-electron chi connectivity index (χ4n) is 5.61. The van der Waals surface area contributed by atoms with Gasteiger partial charge in [-0.3, -0.25) is 4.79 Å². The molecule has 3 aromatic rings. The first-order valence-electron chi connectivity index (χ1n) is 13.0. The number of anilines is 2. The first kappa shape index (κ1) is 28.9. The van der Waals surface area contributed by atoms with Crippen LogP contribution in [0.5, 0.6) is 5.88 Å². The topological polar surface area (TPSA) is 134 Å². The number of aromatic nitrogens is 2. The highest BCUT2D eigenvalue weighted by Crippen LogP contribution is 2.43. The first-order valence-corrected chi connectivity index (χ1v) is 13.4. The maximum atomic E-state index is 14.5. The number of ether oxygens (including phenoxy) is 1. The van der Waals surface area contributed by atoms with Gasteiger partial charge in [0.25, 0.3) is 0 Å². The Hall–Kier alpha value is -3.61. The van der Waals surface area contributed by atoms with Crippen LogP contribution in [0.1, 0.15) is 36.5 Å². The number of piperidine rings is 1. The van der Waals surface area contributed by atoms with Crippen molar-refractivity contribution in [2.45, 2.75) is 44.2 Å². The summed E-state index contributed by atoms with van der Waals surface area (Å²) in [6, 6.07) is 11.3. The maximum Gasteiger partial charge on any atom is 0.429 e. The summed E-state index contributed by atoms with van der Waals surface area (Å²) in [4.78, 5) is 21.4. The van der Waals surface area contributed by atoms with Crippen molar-refractivity contribution < 1.29 is 32.9 Å². The normalized spacial score (nSPS) is 19.3. The fraction of sp³-hybridized carbons (Fsp3) is 0.393. The molecule has 0 amide bonds. The number of aliphatic carboxylic acids is 1. The molecule has 2 aromatic carbocycles. The number of hydrogen-bond donors (Lipinski definition) is 4. The van der Waals surface area contributed by atoms with Gasteiger partial charge < -0.3 is 30.9 Å². The number of carboxylic acid groups (broad SMARTS) is 1. The Morgan fingerprint density at radius 1 is 1.20 bits per heavy atom. The van der Waals surface area contributed by atoms with Crippen LogP contribution < -0.4 is 20.7 Å². The van der Waals surface area contributed by atoms with Gasteiger partial charge in [-0.05, 0) is 59.6 Å². The van der Waals surface area contributed by atoms with Gasteiger partial charge in [0.2, 0.25) is 17.9 Å². The third-order valence-corrected chi connectivity index (χ3v) is 8.00. The number of benzene rings is 2. The lowest BCUT2D eigenvalue weighted by Gasteiger charge is -2.39. The van der Waals surface area contributed by atoms with Crippen molar-refractivity contribution in [2.24, 2.45) is 5.41 Å². The van der Waals surface area contributed by atoms with Gasteiger partial charge in [-0.25, -0.2) is 0 Å². The maximum absolute atomic E-state index is 14.5. The lowest BCUT2D eigenvalue weighted by atomic mass is 9.76. The molecule has 41 heavy (non-hydrogen) atoms. The van der Waals surface area contributed by atoms with E-state index in [1.54, 1.807) is 24.3 Å². The van der Waals surface area contributed by atoms with Gasteiger partial charge in [-0.15, -0.1) is 0 Å². The van der Waals surface area contributed by atoms with Gasteiger partial charge in [0.15, 0.2) is 0 Å². The smallest absolute Gasteiger partial charge is 0.429 e. The monoisotopic (exact) mass is 591 g/mol. The number of nitrogens with one attached hydrogen (secondary N) is 1. The van der Waals surface area contributed by atoms with Gasteiger partial charge >= 0.3 is 12.1 Å². The number of halogens is 4. The van der Waals surface area contributed by atoms with E-state index in [0.717, 1.165) is 0 Å². The van der Waals surface area contributed by atoms with Crippen molar-refractivity contribution in [1.82, 2.24) is 15.3 Å². The van der Waals surface area contributed by atoms with Crippen molar-refractivity contribution in [1.29, 1.82) is 0 Å². The Kier molecular flexibility index (Phi) is 8.00. The minimum absolute atomic E-state index is 0.156. The van der Waals surface area contributed by atoms with Crippen LogP contribution in [-0.2, 0) is 11.4 Å². The van der Waals surface area contributed by atoms with Crippen LogP contribution >= 0.6 is 11.6 Å². The summed E-state index contributed by atoms with van der Waals surface area (Å²) >= 11 is 6.17. The lowest BCUT2D eigenvalue weighted by Crippen LogP contribution is -2.41. The molecule has 1 aromatic heterocycles. The van der Waals surface area contributed by atoms with E-state index in [9.17, 15) is 28.2 Å². The summed E-state index contributed by atoms with van der Waals surface area (Å²) in [6.07, 6.45) is -5.33. The highest BCUT2D eigenvalue weighted by Gasteiger charge is 2.46. The van der Waals surface area contributed by atoms with E-state index in [2.05, 4.69) is 15.3 Å². The minimum atomic E-state index is -4.83. The van der Waals surface area contributed by atoms with E-state index in [1.165, 1.54) is 24.3 Å². The van der Waals surface area contributed by atoms with E-state index >= 15 is 0 Å². The first-order chi connectivity index (χ1) is 19.5. The third-order valence-electron chi connectivity index (χ3n) is 7.77. The van der Waals surface area contributed by atoms with Gasteiger partial charge in [0.05, 0.1) is 6.61 Å². The number of hydrogen-bond acceptors (Lipinski definition) is 8. The second-order valence-electron chi connectivity index (χ2n) is 10.5. The van der Waals surface area contributed by atoms with Crippen molar-refractivity contribution in [3.8, 4) is 17.0 Å². The Morgan fingerprint density at radius 2 is 1.95 bits per heavy atom. The molecule has 218 valence electrons. The summed E-state index contributed by atoms with van der Waals surface area (Å²) in [5.41, 5.74) is 6.72. The Bertz CT molecular complexity index is 1430. The van der Waals surface area contributed by atoms with Gasteiger partial charge in [0.1, 0.15) is 11.9 Å². The molecule has 9 nitrogen and oxygen atoms in total. The molecule has 2 fully saturated rings. The van der Waals surface area contributed by atoms with E-state index < -0.39 is 24.3 Å². The van der Waals surface area contributed by atoms with Crippen LogP contribution in [0, 0.1) is 5.41 Å². The molecule has 2 aliphatic rings. The standard InChI is InChI=1S/C28H29ClF3N5O4/c29-18-4-5-19(20(11-18)17-3-1-2-16(10-17)14-38)24(28(30,31)32)41-23-12-22(35-26(33)36-23)37-8-6-27(7-9-37)13-21(25(39)40)34-15-27/h1-5,10-12,21,24,34,38H,6-9,13-15H2,(H,39,40)(H2,33,35,36). The average molecular weight is 592 g/mol. The summed E-state index contributed by atoms with van der Waals surface area (Å²) in [7, 11) is 0. The molecular weight excluding hydrogens is 563 g/mol. The van der Waals surface area contributed by atoms with E-state index in [1.807, 2.05) is 4.90 Å². The van der Waals surface area contributed by atoms with Crippen molar-refractivity contribution in [3.63, 3.8) is 0 Å². The zero-order valence-electron chi connectivity index (χ0n) is 21.9. The van der Waals surface area contributed by atoms with Crippen LogP contribution in [0.4, 0.5) is 24.9 Å². The van der Waals surface area contributed by atoms with Gasteiger partial charge in [-0.1, -0.05) is 35.9 Å². The highest BCUT2D eigenvalue weighted by molar-refractivity contribution is 6.30. The largest absolute Gasteiger partial charge is 0.480 e. The van der Waals surface area contributed by atoms with Gasteiger partial charge in [-0.2, -0.15) is 23.1 Å². The highest BCUT2D eigenvalue weighted by atomic mass is 35.5. The second-order valence-corrected chi connectivity index (χ2v) is 11.0. The molecule has 2 saturated heterocycles. The van der Waals surface area contributed by atoms with E-state index in [-0.39, 0.29) is 40.0 Å². The number of aliphatic hydroxyl groups is 1. The fourth-order valence-corrected chi connectivity index (χ4v) is 5.78. The van der Waals surface area contributed by atoms with Crippen molar-refractivity contribution in [3.05, 3.63) is 64.7 Å². The number of nitrogen functional groups attached to an aromatic ring is 1. The quantitative estimate of drug-likeness (QED) is 0.311. The van der Waals surface area contributed by atoms with Crippen LogP contribution in [0.3, 0.4) is 0 Å². The van der Waals surface area contributed by atoms with Crippen LogP contribution in [0.15, 0.2) is 48.5 Å². The zero-order valence-corrected chi connectivity index (χ0v) is 22.6. The Labute approximate surface area is 239 Å². The molecule has 2 atom stereocenters. The molecule has 0 radical (unpaired) electrons. The van der Waals surface area contributed by atoms with E-state index in [0.29, 0.717) is 55.8 Å². The molecule has 5 N–H and O–H groups in total. The minimum Gasteiger partial charge on any atom is -0.480 e. The summed E-state index contributed by atoms with van der Waals surface area (Å²) < 4.78 is 49.1.